The van der Waals surface area contributed by atoms with E-state index in [4.69, 9.17) is 11.6 Å². The maximum atomic E-state index is 13.6. The van der Waals surface area contributed by atoms with Crippen molar-refractivity contribution in [1.29, 1.82) is 0 Å². The van der Waals surface area contributed by atoms with Gasteiger partial charge in [0.05, 0.1) is 0 Å². The summed E-state index contributed by atoms with van der Waals surface area (Å²) in [5, 5.41) is 3.70. The van der Waals surface area contributed by atoms with Crippen LogP contribution in [0.3, 0.4) is 0 Å². The van der Waals surface area contributed by atoms with E-state index in [1.807, 2.05) is 84.9 Å². The Morgan fingerprint density at radius 1 is 0.914 bits per heavy atom. The summed E-state index contributed by atoms with van der Waals surface area (Å²) in [6.45, 7) is 3.05. The number of hydrogen-bond acceptors (Lipinski definition) is 3. The second-order valence-electron chi connectivity index (χ2n) is 8.41. The highest BCUT2D eigenvalue weighted by Gasteiger charge is 2.30. The van der Waals surface area contributed by atoms with E-state index in [1.54, 1.807) is 16.7 Å². The van der Waals surface area contributed by atoms with Gasteiger partial charge in [-0.25, -0.2) is 0 Å². The number of halogens is 1. The van der Waals surface area contributed by atoms with E-state index in [0.717, 1.165) is 28.9 Å². The number of nitrogens with one attached hydrogen (secondary N) is 1. The molecule has 1 N–H and O–H groups in total. The molecule has 35 heavy (non-hydrogen) atoms. The average Bonchev–Trinajstić information content (AvgIpc) is 2.88. The molecule has 0 aromatic heterocycles. The first-order chi connectivity index (χ1) is 17.1. The lowest BCUT2D eigenvalue weighted by Crippen LogP contribution is -2.50. The minimum absolute atomic E-state index is 0.0325. The standard InChI is InChI=1S/C29H33ClN2O2S/c1-2-3-19-31-29(34)27(21-23-10-6-4-7-11-23)32(22-24-14-16-25(30)17-15-24)28(33)18-20-35-26-12-8-5-9-13-26/h4-17,27H,2-3,18-22H2,1H3,(H,31,34). The van der Waals surface area contributed by atoms with E-state index >= 15 is 0 Å². The van der Waals surface area contributed by atoms with Crippen LogP contribution in [0, 0.1) is 0 Å². The highest BCUT2D eigenvalue weighted by atomic mass is 35.5. The Kier molecular flexibility index (Phi) is 11.2. The number of nitrogens with zero attached hydrogens (tertiary/aromatic N) is 1. The molecule has 3 aromatic rings. The molecular weight excluding hydrogens is 476 g/mol. The summed E-state index contributed by atoms with van der Waals surface area (Å²) in [6, 6.07) is 26.8. The molecule has 0 aliphatic heterocycles. The van der Waals surface area contributed by atoms with Crippen molar-refractivity contribution in [3.8, 4) is 0 Å². The van der Waals surface area contributed by atoms with Crippen molar-refractivity contribution in [3.05, 3.63) is 101 Å². The van der Waals surface area contributed by atoms with Gasteiger partial charge in [-0.05, 0) is 41.8 Å². The summed E-state index contributed by atoms with van der Waals surface area (Å²) in [5.41, 5.74) is 1.97. The Morgan fingerprint density at radius 2 is 1.57 bits per heavy atom. The Morgan fingerprint density at radius 3 is 2.23 bits per heavy atom. The molecule has 6 heteroatoms. The van der Waals surface area contributed by atoms with E-state index < -0.39 is 6.04 Å². The molecule has 2 amide bonds. The van der Waals surface area contributed by atoms with E-state index in [0.29, 0.717) is 36.7 Å². The molecule has 1 unspecified atom stereocenters. The molecule has 0 fully saturated rings. The zero-order valence-electron chi connectivity index (χ0n) is 20.2. The summed E-state index contributed by atoms with van der Waals surface area (Å²) in [6.07, 6.45) is 2.71. The predicted molar refractivity (Wildman–Crippen MR) is 146 cm³/mol. The molecule has 0 aliphatic rings. The van der Waals surface area contributed by atoms with Gasteiger partial charge >= 0.3 is 0 Å². The second-order valence-corrected chi connectivity index (χ2v) is 10.0. The zero-order valence-corrected chi connectivity index (χ0v) is 21.7. The van der Waals surface area contributed by atoms with Gasteiger partial charge in [-0.15, -0.1) is 11.8 Å². The van der Waals surface area contributed by atoms with Crippen molar-refractivity contribution in [3.63, 3.8) is 0 Å². The van der Waals surface area contributed by atoms with Gasteiger partial charge in [-0.2, -0.15) is 0 Å². The lowest BCUT2D eigenvalue weighted by Gasteiger charge is -2.31. The topological polar surface area (TPSA) is 49.4 Å². The quantitative estimate of drug-likeness (QED) is 0.215. The fraction of sp³-hybridized carbons (Fsp3) is 0.310. The van der Waals surface area contributed by atoms with Crippen LogP contribution < -0.4 is 5.32 Å². The SMILES string of the molecule is CCCCNC(=O)C(Cc1ccccc1)N(Cc1ccc(Cl)cc1)C(=O)CCSc1ccccc1. The van der Waals surface area contributed by atoms with Crippen LogP contribution in [0.1, 0.15) is 37.3 Å². The van der Waals surface area contributed by atoms with E-state index in [2.05, 4.69) is 12.2 Å². The average molecular weight is 509 g/mol. The molecule has 0 spiro atoms. The molecule has 3 rings (SSSR count). The van der Waals surface area contributed by atoms with Crippen molar-refractivity contribution in [1.82, 2.24) is 10.2 Å². The molecule has 1 atom stereocenters. The minimum atomic E-state index is -0.598. The van der Waals surface area contributed by atoms with Crippen molar-refractivity contribution in [2.75, 3.05) is 12.3 Å². The summed E-state index contributed by atoms with van der Waals surface area (Å²) in [4.78, 5) is 29.8. The van der Waals surface area contributed by atoms with E-state index in [1.165, 1.54) is 0 Å². The molecule has 0 saturated carbocycles. The van der Waals surface area contributed by atoms with Gasteiger partial charge in [0.2, 0.25) is 11.8 Å². The van der Waals surface area contributed by atoms with Crippen LogP contribution >= 0.6 is 23.4 Å². The fourth-order valence-electron chi connectivity index (χ4n) is 3.76. The lowest BCUT2D eigenvalue weighted by molar-refractivity contribution is -0.141. The summed E-state index contributed by atoms with van der Waals surface area (Å²) < 4.78 is 0. The van der Waals surface area contributed by atoms with Crippen molar-refractivity contribution < 1.29 is 9.59 Å². The maximum absolute atomic E-state index is 13.6. The van der Waals surface area contributed by atoms with Crippen LogP contribution in [0.25, 0.3) is 0 Å². The first kappa shape index (κ1) is 26.8. The normalized spacial score (nSPS) is 11.6. The Labute approximate surface area is 218 Å². The third-order valence-electron chi connectivity index (χ3n) is 5.69. The number of unbranched alkanes of at least 4 members (excludes halogenated alkanes) is 1. The fourth-order valence-corrected chi connectivity index (χ4v) is 4.75. The van der Waals surface area contributed by atoms with Crippen LogP contribution in [-0.2, 0) is 22.6 Å². The molecule has 0 radical (unpaired) electrons. The van der Waals surface area contributed by atoms with Gasteiger partial charge in [-0.3, -0.25) is 9.59 Å². The molecule has 0 bridgehead atoms. The van der Waals surface area contributed by atoms with Gasteiger partial charge in [0.25, 0.3) is 0 Å². The number of thioether (sulfide) groups is 1. The zero-order chi connectivity index (χ0) is 24.9. The number of amides is 2. The summed E-state index contributed by atoms with van der Waals surface area (Å²) >= 11 is 7.73. The van der Waals surface area contributed by atoms with Crippen LogP contribution in [0.2, 0.25) is 5.02 Å². The van der Waals surface area contributed by atoms with Gasteiger partial charge in [0.1, 0.15) is 6.04 Å². The number of rotatable bonds is 13. The van der Waals surface area contributed by atoms with Crippen molar-refractivity contribution >= 4 is 35.2 Å². The molecule has 0 aliphatic carbocycles. The van der Waals surface area contributed by atoms with Gasteiger partial charge in [0.15, 0.2) is 0 Å². The van der Waals surface area contributed by atoms with Gasteiger partial charge < -0.3 is 10.2 Å². The van der Waals surface area contributed by atoms with Gasteiger partial charge in [0, 0.05) is 41.6 Å². The smallest absolute Gasteiger partial charge is 0.243 e. The monoisotopic (exact) mass is 508 g/mol. The predicted octanol–water partition coefficient (Wildman–Crippen LogP) is 6.38. The van der Waals surface area contributed by atoms with Gasteiger partial charge in [-0.1, -0.05) is 85.6 Å². The first-order valence-corrected chi connectivity index (χ1v) is 13.5. The molecular formula is C29H33ClN2O2S. The third-order valence-corrected chi connectivity index (χ3v) is 6.96. The van der Waals surface area contributed by atoms with Crippen molar-refractivity contribution in [2.45, 2.75) is 50.1 Å². The van der Waals surface area contributed by atoms with Crippen LogP contribution in [0.4, 0.5) is 0 Å². The van der Waals surface area contributed by atoms with E-state index in [9.17, 15) is 9.59 Å². The van der Waals surface area contributed by atoms with Crippen LogP contribution in [0.5, 0.6) is 0 Å². The summed E-state index contributed by atoms with van der Waals surface area (Å²) in [7, 11) is 0. The van der Waals surface area contributed by atoms with Crippen molar-refractivity contribution in [2.24, 2.45) is 0 Å². The molecule has 0 heterocycles. The summed E-state index contributed by atoms with van der Waals surface area (Å²) in [5.74, 6) is 0.505. The largest absolute Gasteiger partial charge is 0.354 e. The Hall–Kier alpha value is -2.76. The Bertz CT molecular complexity index is 1050. The molecule has 184 valence electrons. The number of carbonyl (C=O) groups excluding carboxylic acids is 2. The van der Waals surface area contributed by atoms with Crippen LogP contribution in [0.15, 0.2) is 89.8 Å². The molecule has 3 aromatic carbocycles. The molecule has 0 saturated heterocycles. The lowest BCUT2D eigenvalue weighted by atomic mass is 10.0. The molecule has 4 nitrogen and oxygen atoms in total. The highest BCUT2D eigenvalue weighted by Crippen LogP contribution is 2.21. The maximum Gasteiger partial charge on any atom is 0.243 e. The number of carbonyl (C=O) groups is 2. The Balaban J connectivity index is 1.82. The first-order valence-electron chi connectivity index (χ1n) is 12.1. The number of hydrogen-bond donors (Lipinski definition) is 1. The second kappa shape index (κ2) is 14.6. The minimum Gasteiger partial charge on any atom is -0.354 e. The highest BCUT2D eigenvalue weighted by molar-refractivity contribution is 7.99. The van der Waals surface area contributed by atoms with Crippen LogP contribution in [-0.4, -0.2) is 35.1 Å². The van der Waals surface area contributed by atoms with E-state index in [-0.39, 0.29) is 11.8 Å². The number of benzene rings is 3. The third kappa shape index (κ3) is 9.08.